The third-order valence-corrected chi connectivity index (χ3v) is 4.98. The SMILES string of the molecule is COC1(c2noc(CC3CSCCN3)n2)CCC1. The Morgan fingerprint density at radius 1 is 1.56 bits per heavy atom. The highest BCUT2D eigenvalue weighted by molar-refractivity contribution is 7.99. The molecule has 0 aromatic carbocycles. The van der Waals surface area contributed by atoms with Crippen LogP contribution in [-0.4, -0.2) is 41.3 Å². The zero-order valence-corrected chi connectivity index (χ0v) is 11.5. The highest BCUT2D eigenvalue weighted by atomic mass is 32.2. The highest BCUT2D eigenvalue weighted by Crippen LogP contribution is 2.42. The summed E-state index contributed by atoms with van der Waals surface area (Å²) in [4.78, 5) is 4.52. The van der Waals surface area contributed by atoms with E-state index in [2.05, 4.69) is 15.5 Å². The zero-order chi connectivity index (χ0) is 12.4. The predicted octanol–water partition coefficient (Wildman–Crippen LogP) is 1.34. The summed E-state index contributed by atoms with van der Waals surface area (Å²) in [6.45, 7) is 1.07. The van der Waals surface area contributed by atoms with Crippen molar-refractivity contribution in [1.82, 2.24) is 15.5 Å². The molecular formula is C12H19N3O2S. The Morgan fingerprint density at radius 2 is 2.44 bits per heavy atom. The minimum atomic E-state index is -0.267. The van der Waals surface area contributed by atoms with Crippen LogP contribution in [0.15, 0.2) is 4.52 Å². The molecule has 3 rings (SSSR count). The van der Waals surface area contributed by atoms with Gasteiger partial charge in [0.1, 0.15) is 5.60 Å². The first-order valence-corrected chi connectivity index (χ1v) is 7.67. The number of hydrogen-bond acceptors (Lipinski definition) is 6. The maximum atomic E-state index is 5.56. The second-order valence-electron chi connectivity index (χ2n) is 4.99. The van der Waals surface area contributed by atoms with Crippen molar-refractivity contribution < 1.29 is 9.26 Å². The summed E-state index contributed by atoms with van der Waals surface area (Å²) in [5.74, 6) is 3.77. The van der Waals surface area contributed by atoms with Gasteiger partial charge in [-0.1, -0.05) is 5.16 Å². The summed E-state index contributed by atoms with van der Waals surface area (Å²) < 4.78 is 10.9. The Bertz CT molecular complexity index is 394. The molecule has 1 saturated carbocycles. The van der Waals surface area contributed by atoms with Crippen LogP contribution in [0.2, 0.25) is 0 Å². The minimum absolute atomic E-state index is 0.267. The largest absolute Gasteiger partial charge is 0.370 e. The van der Waals surface area contributed by atoms with Crippen molar-refractivity contribution in [3.05, 3.63) is 11.7 Å². The van der Waals surface area contributed by atoms with Gasteiger partial charge in [0, 0.05) is 37.6 Å². The molecule has 1 aromatic heterocycles. The Balaban J connectivity index is 1.65. The second-order valence-corrected chi connectivity index (χ2v) is 6.14. The third kappa shape index (κ3) is 2.29. The van der Waals surface area contributed by atoms with Gasteiger partial charge in [-0.15, -0.1) is 0 Å². The number of thioether (sulfide) groups is 1. The van der Waals surface area contributed by atoms with Crippen LogP contribution >= 0.6 is 11.8 Å². The molecule has 1 aromatic rings. The van der Waals surface area contributed by atoms with E-state index < -0.39 is 0 Å². The lowest BCUT2D eigenvalue weighted by Gasteiger charge is -2.37. The number of hydrogen-bond donors (Lipinski definition) is 1. The van der Waals surface area contributed by atoms with E-state index in [1.807, 2.05) is 11.8 Å². The summed E-state index contributed by atoms with van der Waals surface area (Å²) in [5.41, 5.74) is -0.267. The topological polar surface area (TPSA) is 60.2 Å². The Labute approximate surface area is 111 Å². The van der Waals surface area contributed by atoms with Crippen LogP contribution in [0.3, 0.4) is 0 Å². The van der Waals surface area contributed by atoms with E-state index in [0.29, 0.717) is 6.04 Å². The molecule has 100 valence electrons. The molecule has 5 nitrogen and oxygen atoms in total. The van der Waals surface area contributed by atoms with Gasteiger partial charge in [-0.3, -0.25) is 0 Å². The van der Waals surface area contributed by atoms with E-state index in [9.17, 15) is 0 Å². The van der Waals surface area contributed by atoms with Gasteiger partial charge in [0.05, 0.1) is 0 Å². The lowest BCUT2D eigenvalue weighted by atomic mass is 9.79. The van der Waals surface area contributed by atoms with Gasteiger partial charge < -0.3 is 14.6 Å². The number of nitrogens with one attached hydrogen (secondary N) is 1. The van der Waals surface area contributed by atoms with Crippen LogP contribution in [-0.2, 0) is 16.8 Å². The van der Waals surface area contributed by atoms with E-state index in [0.717, 1.165) is 43.3 Å². The first-order valence-electron chi connectivity index (χ1n) is 6.52. The predicted molar refractivity (Wildman–Crippen MR) is 69.7 cm³/mol. The van der Waals surface area contributed by atoms with Crippen LogP contribution in [0.4, 0.5) is 0 Å². The lowest BCUT2D eigenvalue weighted by molar-refractivity contribution is -0.0858. The first kappa shape index (κ1) is 12.4. The maximum absolute atomic E-state index is 5.56. The van der Waals surface area contributed by atoms with Gasteiger partial charge in [0.2, 0.25) is 11.7 Å². The standard InChI is InChI=1S/C12H19N3O2S/c1-16-12(3-2-4-12)11-14-10(17-15-11)7-9-8-18-6-5-13-9/h9,13H,2-8H2,1H3. The second kappa shape index (κ2) is 5.19. The molecule has 2 fully saturated rings. The molecule has 1 unspecified atom stereocenters. The van der Waals surface area contributed by atoms with Gasteiger partial charge in [-0.25, -0.2) is 0 Å². The van der Waals surface area contributed by atoms with Crippen LogP contribution in [0, 0.1) is 0 Å². The zero-order valence-electron chi connectivity index (χ0n) is 10.6. The van der Waals surface area contributed by atoms with Crippen molar-refractivity contribution >= 4 is 11.8 Å². The van der Waals surface area contributed by atoms with Crippen LogP contribution < -0.4 is 5.32 Å². The molecule has 1 aliphatic carbocycles. The summed E-state index contributed by atoms with van der Waals surface area (Å²) in [5, 5.41) is 7.58. The molecule has 2 heterocycles. The van der Waals surface area contributed by atoms with Gasteiger partial charge in [0.15, 0.2) is 0 Å². The molecule has 2 aliphatic rings. The summed E-state index contributed by atoms with van der Waals surface area (Å²) >= 11 is 1.98. The molecule has 1 saturated heterocycles. The fourth-order valence-corrected chi connectivity index (χ4v) is 3.45. The van der Waals surface area contributed by atoms with Gasteiger partial charge in [-0.2, -0.15) is 16.7 Å². The summed E-state index contributed by atoms with van der Waals surface area (Å²) in [7, 11) is 1.73. The van der Waals surface area contributed by atoms with Gasteiger partial charge in [-0.05, 0) is 19.3 Å². The number of ether oxygens (including phenoxy) is 1. The Hall–Kier alpha value is -0.590. The van der Waals surface area contributed by atoms with Crippen LogP contribution in [0.1, 0.15) is 31.0 Å². The van der Waals surface area contributed by atoms with Crippen LogP contribution in [0.5, 0.6) is 0 Å². The fourth-order valence-electron chi connectivity index (χ4n) is 2.50. The summed E-state index contributed by atoms with van der Waals surface area (Å²) in [6.07, 6.45) is 4.00. The van der Waals surface area contributed by atoms with E-state index in [-0.39, 0.29) is 5.60 Å². The first-order chi connectivity index (χ1) is 8.82. The van der Waals surface area contributed by atoms with E-state index in [4.69, 9.17) is 9.26 Å². The molecule has 0 amide bonds. The molecular weight excluding hydrogens is 250 g/mol. The molecule has 1 N–H and O–H groups in total. The molecule has 1 aliphatic heterocycles. The van der Waals surface area contributed by atoms with Gasteiger partial charge >= 0.3 is 0 Å². The molecule has 1 atom stereocenters. The smallest absolute Gasteiger partial charge is 0.228 e. The third-order valence-electron chi connectivity index (χ3n) is 3.85. The minimum Gasteiger partial charge on any atom is -0.370 e. The van der Waals surface area contributed by atoms with E-state index >= 15 is 0 Å². The van der Waals surface area contributed by atoms with Crippen molar-refractivity contribution in [3.8, 4) is 0 Å². The summed E-state index contributed by atoms with van der Waals surface area (Å²) in [6, 6.07) is 0.455. The van der Waals surface area contributed by atoms with Gasteiger partial charge in [0.25, 0.3) is 0 Å². The normalized spacial score (nSPS) is 26.8. The number of aromatic nitrogens is 2. The van der Waals surface area contributed by atoms with Crippen molar-refractivity contribution in [1.29, 1.82) is 0 Å². The Kier molecular flexibility index (Phi) is 3.59. The van der Waals surface area contributed by atoms with E-state index in [1.54, 1.807) is 7.11 Å². The van der Waals surface area contributed by atoms with Crippen molar-refractivity contribution in [3.63, 3.8) is 0 Å². The highest BCUT2D eigenvalue weighted by Gasteiger charge is 2.43. The average molecular weight is 269 g/mol. The monoisotopic (exact) mass is 269 g/mol. The molecule has 0 bridgehead atoms. The van der Waals surface area contributed by atoms with Crippen molar-refractivity contribution in [2.45, 2.75) is 37.3 Å². The van der Waals surface area contributed by atoms with E-state index in [1.165, 1.54) is 12.2 Å². The number of nitrogens with zero attached hydrogens (tertiary/aromatic N) is 2. The van der Waals surface area contributed by atoms with Crippen molar-refractivity contribution in [2.24, 2.45) is 0 Å². The maximum Gasteiger partial charge on any atom is 0.228 e. The molecule has 6 heteroatoms. The molecule has 18 heavy (non-hydrogen) atoms. The quantitative estimate of drug-likeness (QED) is 0.890. The van der Waals surface area contributed by atoms with Crippen LogP contribution in [0.25, 0.3) is 0 Å². The number of methoxy groups -OCH3 is 1. The molecule has 0 radical (unpaired) electrons. The molecule has 0 spiro atoms. The average Bonchev–Trinajstić information content (AvgIpc) is 2.79. The lowest BCUT2D eigenvalue weighted by Crippen LogP contribution is -2.39. The fraction of sp³-hybridized carbons (Fsp3) is 0.833. The number of rotatable bonds is 4. The van der Waals surface area contributed by atoms with Crippen molar-refractivity contribution in [2.75, 3.05) is 25.2 Å². The Morgan fingerprint density at radius 3 is 3.06 bits per heavy atom.